The van der Waals surface area contributed by atoms with Crippen LogP contribution in [0.3, 0.4) is 0 Å². The molecule has 0 bridgehead atoms. The second-order valence-electron chi connectivity index (χ2n) is 3.24. The molecule has 0 N–H and O–H groups in total. The first kappa shape index (κ1) is 11.2. The van der Waals surface area contributed by atoms with Crippen LogP contribution in [0.5, 0.6) is 0 Å². The van der Waals surface area contributed by atoms with Crippen LogP contribution < -0.4 is 0 Å². The molecular weight excluding hydrogens is 178 g/mol. The Kier molecular flexibility index (Phi) is 4.05. The molecule has 1 unspecified atom stereocenters. The second kappa shape index (κ2) is 4.32. The van der Waals surface area contributed by atoms with Gasteiger partial charge in [0.1, 0.15) is 6.07 Å². The van der Waals surface area contributed by atoms with E-state index in [0.29, 0.717) is 0 Å². The minimum Gasteiger partial charge on any atom is -0.446 e. The van der Waals surface area contributed by atoms with E-state index in [1.165, 1.54) is 6.92 Å². The van der Waals surface area contributed by atoms with Crippen LogP contribution >= 0.6 is 11.6 Å². The first-order valence-corrected chi connectivity index (χ1v) is 4.10. The van der Waals surface area contributed by atoms with Crippen molar-refractivity contribution in [3.8, 4) is 6.07 Å². The van der Waals surface area contributed by atoms with Crippen molar-refractivity contribution in [2.75, 3.05) is 5.88 Å². The van der Waals surface area contributed by atoms with Gasteiger partial charge in [-0.25, -0.2) is 0 Å². The number of hydrogen-bond donors (Lipinski definition) is 0. The fraction of sp³-hybridized carbons (Fsp3) is 0.750. The Bertz CT molecular complexity index is 208. The maximum Gasteiger partial charge on any atom is 0.303 e. The third-order valence-electron chi connectivity index (χ3n) is 1.46. The van der Waals surface area contributed by atoms with Crippen LogP contribution in [0, 0.1) is 16.7 Å². The van der Waals surface area contributed by atoms with Gasteiger partial charge in [0, 0.05) is 18.2 Å². The van der Waals surface area contributed by atoms with Crippen LogP contribution in [0.15, 0.2) is 0 Å². The SMILES string of the molecule is CC(=O)OC(C#N)C(C)(C)CCl. The average molecular weight is 190 g/mol. The number of carbonyl (C=O) groups is 1. The van der Waals surface area contributed by atoms with Crippen molar-refractivity contribution >= 4 is 17.6 Å². The first-order chi connectivity index (χ1) is 5.44. The highest BCUT2D eigenvalue weighted by molar-refractivity contribution is 6.18. The standard InChI is InChI=1S/C8H12ClNO2/c1-6(11)12-7(4-10)8(2,3)5-9/h7H,5H2,1-3H3. The van der Waals surface area contributed by atoms with Gasteiger partial charge in [0.15, 0.2) is 6.10 Å². The quantitative estimate of drug-likeness (QED) is 0.502. The van der Waals surface area contributed by atoms with Crippen LogP contribution in [0.2, 0.25) is 0 Å². The number of ether oxygens (including phenoxy) is 1. The smallest absolute Gasteiger partial charge is 0.303 e. The summed E-state index contributed by atoms with van der Waals surface area (Å²) in [4.78, 5) is 10.6. The Hall–Kier alpha value is -0.750. The molecule has 3 nitrogen and oxygen atoms in total. The molecule has 0 saturated carbocycles. The monoisotopic (exact) mass is 189 g/mol. The van der Waals surface area contributed by atoms with E-state index >= 15 is 0 Å². The lowest BCUT2D eigenvalue weighted by Gasteiger charge is -2.25. The summed E-state index contributed by atoms with van der Waals surface area (Å²) in [5.41, 5.74) is -0.498. The number of esters is 1. The molecular formula is C8H12ClNO2. The normalized spacial score (nSPS) is 13.2. The largest absolute Gasteiger partial charge is 0.446 e. The van der Waals surface area contributed by atoms with Crippen molar-refractivity contribution in [1.82, 2.24) is 0 Å². The van der Waals surface area contributed by atoms with E-state index in [1.807, 2.05) is 6.07 Å². The molecule has 0 spiro atoms. The summed E-state index contributed by atoms with van der Waals surface area (Å²) in [6.45, 7) is 4.82. The summed E-state index contributed by atoms with van der Waals surface area (Å²) in [5.74, 6) is -0.182. The van der Waals surface area contributed by atoms with Crippen LogP contribution in [0.1, 0.15) is 20.8 Å². The van der Waals surface area contributed by atoms with Gasteiger partial charge < -0.3 is 4.74 Å². The molecule has 0 aromatic carbocycles. The molecule has 0 aromatic heterocycles. The predicted octanol–water partition coefficient (Wildman–Crippen LogP) is 1.71. The van der Waals surface area contributed by atoms with Crippen molar-refractivity contribution < 1.29 is 9.53 Å². The van der Waals surface area contributed by atoms with E-state index in [0.717, 1.165) is 0 Å². The molecule has 12 heavy (non-hydrogen) atoms. The summed E-state index contributed by atoms with van der Waals surface area (Å²) < 4.78 is 4.77. The van der Waals surface area contributed by atoms with Gasteiger partial charge in [0.25, 0.3) is 0 Å². The van der Waals surface area contributed by atoms with Crippen LogP contribution in [-0.2, 0) is 9.53 Å². The van der Waals surface area contributed by atoms with Gasteiger partial charge in [-0.1, -0.05) is 13.8 Å². The minimum absolute atomic E-state index is 0.276. The average Bonchev–Trinajstić information content (AvgIpc) is 1.99. The third kappa shape index (κ3) is 3.10. The van der Waals surface area contributed by atoms with Crippen molar-refractivity contribution in [3.63, 3.8) is 0 Å². The summed E-state index contributed by atoms with van der Waals surface area (Å²) in [6.07, 6.45) is -0.771. The predicted molar refractivity (Wildman–Crippen MR) is 45.7 cm³/mol. The molecule has 0 aromatic rings. The van der Waals surface area contributed by atoms with E-state index in [9.17, 15) is 4.79 Å². The van der Waals surface area contributed by atoms with E-state index < -0.39 is 17.5 Å². The highest BCUT2D eigenvalue weighted by Gasteiger charge is 2.31. The molecule has 0 rings (SSSR count). The molecule has 0 amide bonds. The zero-order valence-electron chi connectivity index (χ0n) is 7.43. The number of hydrogen-bond acceptors (Lipinski definition) is 3. The number of halogens is 1. The summed E-state index contributed by atoms with van der Waals surface area (Å²) >= 11 is 5.61. The lowest BCUT2D eigenvalue weighted by atomic mass is 9.89. The number of alkyl halides is 1. The van der Waals surface area contributed by atoms with E-state index in [4.69, 9.17) is 21.6 Å². The Balaban J connectivity index is 4.36. The topological polar surface area (TPSA) is 50.1 Å². The van der Waals surface area contributed by atoms with Crippen molar-refractivity contribution in [3.05, 3.63) is 0 Å². The summed E-state index contributed by atoms with van der Waals surface area (Å²) in [6, 6.07) is 1.90. The van der Waals surface area contributed by atoms with Gasteiger partial charge in [-0.2, -0.15) is 5.26 Å². The van der Waals surface area contributed by atoms with Crippen LogP contribution in [-0.4, -0.2) is 18.0 Å². The van der Waals surface area contributed by atoms with Gasteiger partial charge in [0.2, 0.25) is 0 Å². The summed E-state index contributed by atoms with van der Waals surface area (Å²) in [7, 11) is 0. The number of nitriles is 1. The van der Waals surface area contributed by atoms with Gasteiger partial charge in [0.05, 0.1) is 0 Å². The van der Waals surface area contributed by atoms with Crippen molar-refractivity contribution in [2.24, 2.45) is 5.41 Å². The molecule has 0 radical (unpaired) electrons. The second-order valence-corrected chi connectivity index (χ2v) is 3.51. The Morgan fingerprint density at radius 3 is 2.50 bits per heavy atom. The van der Waals surface area contributed by atoms with Crippen LogP contribution in [0.25, 0.3) is 0 Å². The van der Waals surface area contributed by atoms with E-state index in [-0.39, 0.29) is 5.88 Å². The van der Waals surface area contributed by atoms with E-state index in [2.05, 4.69) is 0 Å². The highest BCUT2D eigenvalue weighted by Crippen LogP contribution is 2.24. The van der Waals surface area contributed by atoms with E-state index in [1.54, 1.807) is 13.8 Å². The minimum atomic E-state index is -0.771. The van der Waals surface area contributed by atoms with Gasteiger partial charge in [-0.05, 0) is 0 Å². The highest BCUT2D eigenvalue weighted by atomic mass is 35.5. The zero-order valence-corrected chi connectivity index (χ0v) is 8.18. The van der Waals surface area contributed by atoms with Gasteiger partial charge in [-0.3, -0.25) is 4.79 Å². The molecule has 4 heteroatoms. The fourth-order valence-electron chi connectivity index (χ4n) is 0.597. The molecule has 0 aliphatic rings. The third-order valence-corrected chi connectivity index (χ3v) is 2.14. The molecule has 0 heterocycles. The lowest BCUT2D eigenvalue weighted by molar-refractivity contribution is -0.147. The first-order valence-electron chi connectivity index (χ1n) is 3.57. The fourth-order valence-corrected chi connectivity index (χ4v) is 0.737. The molecule has 68 valence electrons. The lowest BCUT2D eigenvalue weighted by Crippen LogP contribution is -2.33. The molecule has 0 aliphatic carbocycles. The maximum atomic E-state index is 10.6. The molecule has 0 fully saturated rings. The van der Waals surface area contributed by atoms with Crippen molar-refractivity contribution in [1.29, 1.82) is 5.26 Å². The molecule has 1 atom stereocenters. The number of carbonyl (C=O) groups excluding carboxylic acids is 1. The molecule has 0 saturated heterocycles. The van der Waals surface area contributed by atoms with Gasteiger partial charge in [-0.15, -0.1) is 11.6 Å². The Labute approximate surface area is 77.3 Å². The number of rotatable bonds is 3. The van der Waals surface area contributed by atoms with Crippen LogP contribution in [0.4, 0.5) is 0 Å². The zero-order chi connectivity index (χ0) is 9.78. The Morgan fingerprint density at radius 2 is 2.25 bits per heavy atom. The number of nitrogens with zero attached hydrogens (tertiary/aromatic N) is 1. The maximum absolute atomic E-state index is 10.6. The van der Waals surface area contributed by atoms with Crippen molar-refractivity contribution in [2.45, 2.75) is 26.9 Å². The summed E-state index contributed by atoms with van der Waals surface area (Å²) in [5, 5.41) is 8.66. The Morgan fingerprint density at radius 1 is 1.75 bits per heavy atom. The molecule has 0 aliphatic heterocycles. The van der Waals surface area contributed by atoms with Gasteiger partial charge >= 0.3 is 5.97 Å².